The summed E-state index contributed by atoms with van der Waals surface area (Å²) in [6, 6.07) is 0. The molecule has 1 aromatic heterocycles. The molecule has 0 saturated carbocycles. The van der Waals surface area contributed by atoms with Crippen LogP contribution in [0.2, 0.25) is 0 Å². The normalized spacial score (nSPS) is 14.4. The Bertz CT molecular complexity index is 467. The first kappa shape index (κ1) is 11.9. The van der Waals surface area contributed by atoms with Crippen molar-refractivity contribution in [3.63, 3.8) is 0 Å². The minimum absolute atomic E-state index is 0.0239. The number of hydrogen-bond acceptors (Lipinski definition) is 3. The van der Waals surface area contributed by atoms with E-state index in [2.05, 4.69) is 15.7 Å². The SMILES string of the molecule is CCc1nn(C)cc1NC(=O)C(C)=C1CNC1. The number of hydrogen-bond donors (Lipinski definition) is 2. The summed E-state index contributed by atoms with van der Waals surface area (Å²) in [5.41, 5.74) is 3.73. The van der Waals surface area contributed by atoms with E-state index in [0.29, 0.717) is 0 Å². The molecular weight excluding hydrogens is 216 g/mol. The van der Waals surface area contributed by atoms with E-state index in [0.717, 1.165) is 36.5 Å². The summed E-state index contributed by atoms with van der Waals surface area (Å²) in [4.78, 5) is 12.0. The number of carbonyl (C=O) groups is 1. The van der Waals surface area contributed by atoms with Crippen LogP contribution in [0, 0.1) is 0 Å². The summed E-state index contributed by atoms with van der Waals surface area (Å²) in [5, 5.41) is 10.4. The molecule has 0 atom stereocenters. The third kappa shape index (κ3) is 2.39. The Labute approximate surface area is 101 Å². The van der Waals surface area contributed by atoms with Crippen LogP contribution in [0.3, 0.4) is 0 Å². The largest absolute Gasteiger partial charge is 0.319 e. The Kier molecular flexibility index (Phi) is 3.28. The van der Waals surface area contributed by atoms with Crippen molar-refractivity contribution in [2.75, 3.05) is 18.4 Å². The van der Waals surface area contributed by atoms with E-state index in [1.807, 2.05) is 27.1 Å². The molecule has 1 fully saturated rings. The molecule has 1 aromatic rings. The highest BCUT2D eigenvalue weighted by molar-refractivity contribution is 6.04. The van der Waals surface area contributed by atoms with Gasteiger partial charge in [-0.25, -0.2) is 0 Å². The maximum atomic E-state index is 12.0. The van der Waals surface area contributed by atoms with Crippen molar-refractivity contribution in [1.82, 2.24) is 15.1 Å². The second-order valence-corrected chi connectivity index (χ2v) is 4.30. The molecule has 1 amide bonds. The predicted molar refractivity (Wildman–Crippen MR) is 66.8 cm³/mol. The lowest BCUT2D eigenvalue weighted by molar-refractivity contribution is -0.112. The van der Waals surface area contributed by atoms with E-state index in [-0.39, 0.29) is 5.91 Å². The zero-order valence-corrected chi connectivity index (χ0v) is 10.5. The van der Waals surface area contributed by atoms with Gasteiger partial charge in [0.05, 0.1) is 11.4 Å². The summed E-state index contributed by atoms with van der Waals surface area (Å²) < 4.78 is 1.72. The van der Waals surface area contributed by atoms with Crippen molar-refractivity contribution in [2.24, 2.45) is 7.05 Å². The molecule has 2 heterocycles. The fraction of sp³-hybridized carbons (Fsp3) is 0.500. The Morgan fingerprint density at radius 3 is 2.82 bits per heavy atom. The number of aromatic nitrogens is 2. The van der Waals surface area contributed by atoms with Gasteiger partial charge >= 0.3 is 0 Å². The smallest absolute Gasteiger partial charge is 0.251 e. The minimum atomic E-state index is -0.0239. The number of aryl methyl sites for hydroxylation is 2. The minimum Gasteiger partial charge on any atom is -0.319 e. The van der Waals surface area contributed by atoms with E-state index in [1.54, 1.807) is 4.68 Å². The third-order valence-electron chi connectivity index (χ3n) is 3.04. The second kappa shape index (κ2) is 4.71. The zero-order valence-electron chi connectivity index (χ0n) is 10.5. The molecule has 1 aliphatic heterocycles. The van der Waals surface area contributed by atoms with Crippen LogP contribution >= 0.6 is 0 Å². The summed E-state index contributed by atoms with van der Waals surface area (Å²) >= 11 is 0. The standard InChI is InChI=1S/C12H18N4O/c1-4-10-11(7-16(3)15-10)14-12(17)8(2)9-5-13-6-9/h7,13H,4-6H2,1-3H3,(H,14,17). The Morgan fingerprint density at radius 1 is 1.59 bits per heavy atom. The van der Waals surface area contributed by atoms with Gasteiger partial charge in [-0.2, -0.15) is 5.10 Å². The molecule has 1 aliphatic rings. The van der Waals surface area contributed by atoms with Gasteiger partial charge in [-0.1, -0.05) is 6.92 Å². The van der Waals surface area contributed by atoms with Crippen LogP contribution in [0.15, 0.2) is 17.3 Å². The first-order valence-corrected chi connectivity index (χ1v) is 5.85. The van der Waals surface area contributed by atoms with Gasteiger partial charge in [0.25, 0.3) is 5.91 Å². The van der Waals surface area contributed by atoms with E-state index >= 15 is 0 Å². The van der Waals surface area contributed by atoms with Crippen molar-refractivity contribution in [3.8, 4) is 0 Å². The molecule has 5 heteroatoms. The molecule has 2 rings (SSSR count). The van der Waals surface area contributed by atoms with Crippen molar-refractivity contribution >= 4 is 11.6 Å². The summed E-state index contributed by atoms with van der Waals surface area (Å²) in [6.07, 6.45) is 2.65. The fourth-order valence-corrected chi connectivity index (χ4v) is 1.79. The second-order valence-electron chi connectivity index (χ2n) is 4.30. The third-order valence-corrected chi connectivity index (χ3v) is 3.04. The van der Waals surface area contributed by atoms with Crippen LogP contribution in [-0.2, 0) is 18.3 Å². The summed E-state index contributed by atoms with van der Waals surface area (Å²) in [5.74, 6) is -0.0239. The van der Waals surface area contributed by atoms with E-state index in [9.17, 15) is 4.79 Å². The van der Waals surface area contributed by atoms with Crippen molar-refractivity contribution in [2.45, 2.75) is 20.3 Å². The zero-order chi connectivity index (χ0) is 12.4. The topological polar surface area (TPSA) is 59.0 Å². The van der Waals surface area contributed by atoms with Crippen molar-refractivity contribution in [1.29, 1.82) is 0 Å². The molecule has 0 radical (unpaired) electrons. The van der Waals surface area contributed by atoms with Gasteiger partial charge in [0.1, 0.15) is 0 Å². The average Bonchev–Trinajstić information content (AvgIpc) is 2.56. The molecule has 1 saturated heterocycles. The van der Waals surface area contributed by atoms with Gasteiger partial charge in [-0.15, -0.1) is 0 Å². The van der Waals surface area contributed by atoms with E-state index < -0.39 is 0 Å². The lowest BCUT2D eigenvalue weighted by Gasteiger charge is -2.21. The Morgan fingerprint density at radius 2 is 2.29 bits per heavy atom. The number of nitrogens with one attached hydrogen (secondary N) is 2. The van der Waals surface area contributed by atoms with Crippen LogP contribution < -0.4 is 10.6 Å². The van der Waals surface area contributed by atoms with Crippen LogP contribution in [-0.4, -0.2) is 28.8 Å². The first-order valence-electron chi connectivity index (χ1n) is 5.85. The molecule has 0 unspecified atom stereocenters. The highest BCUT2D eigenvalue weighted by Crippen LogP contribution is 2.16. The lowest BCUT2D eigenvalue weighted by Crippen LogP contribution is -2.36. The molecule has 17 heavy (non-hydrogen) atoms. The molecule has 92 valence electrons. The van der Waals surface area contributed by atoms with E-state index in [4.69, 9.17) is 0 Å². The molecule has 0 spiro atoms. The number of nitrogens with zero attached hydrogens (tertiary/aromatic N) is 2. The number of amides is 1. The number of carbonyl (C=O) groups excluding carboxylic acids is 1. The van der Waals surface area contributed by atoms with Gasteiger partial charge in [0.15, 0.2) is 0 Å². The Balaban J connectivity index is 2.12. The molecular formula is C12H18N4O. The van der Waals surface area contributed by atoms with E-state index in [1.165, 1.54) is 5.57 Å². The monoisotopic (exact) mass is 234 g/mol. The van der Waals surface area contributed by atoms with Gasteiger partial charge in [-0.3, -0.25) is 9.48 Å². The molecule has 0 bridgehead atoms. The summed E-state index contributed by atoms with van der Waals surface area (Å²) in [7, 11) is 1.86. The average molecular weight is 234 g/mol. The molecule has 0 aliphatic carbocycles. The van der Waals surface area contributed by atoms with Crippen LogP contribution in [0.1, 0.15) is 19.5 Å². The number of anilines is 1. The molecule has 2 N–H and O–H groups in total. The summed E-state index contributed by atoms with van der Waals surface area (Å²) in [6.45, 7) is 5.55. The maximum Gasteiger partial charge on any atom is 0.251 e. The fourth-order valence-electron chi connectivity index (χ4n) is 1.79. The van der Waals surface area contributed by atoms with Gasteiger partial charge in [-0.05, 0) is 18.9 Å². The Hall–Kier alpha value is -1.62. The first-order chi connectivity index (χ1) is 8.11. The maximum absolute atomic E-state index is 12.0. The molecule has 0 aromatic carbocycles. The van der Waals surface area contributed by atoms with Gasteiger partial charge in [0, 0.05) is 31.9 Å². The van der Waals surface area contributed by atoms with Crippen LogP contribution in [0.5, 0.6) is 0 Å². The van der Waals surface area contributed by atoms with Crippen molar-refractivity contribution < 1.29 is 4.79 Å². The highest BCUT2D eigenvalue weighted by Gasteiger charge is 2.17. The van der Waals surface area contributed by atoms with Gasteiger partial charge in [0.2, 0.25) is 0 Å². The predicted octanol–water partition coefficient (Wildman–Crippen LogP) is 0.841. The lowest BCUT2D eigenvalue weighted by atomic mass is 10.0. The number of rotatable bonds is 3. The quantitative estimate of drug-likeness (QED) is 0.762. The van der Waals surface area contributed by atoms with Crippen LogP contribution in [0.25, 0.3) is 0 Å². The van der Waals surface area contributed by atoms with Crippen LogP contribution in [0.4, 0.5) is 5.69 Å². The van der Waals surface area contributed by atoms with Crippen molar-refractivity contribution in [3.05, 3.63) is 23.0 Å². The highest BCUT2D eigenvalue weighted by atomic mass is 16.1. The van der Waals surface area contributed by atoms with Gasteiger partial charge < -0.3 is 10.6 Å². The molecule has 5 nitrogen and oxygen atoms in total.